The molecular formula is C25H29N5O5. The zero-order valence-corrected chi connectivity index (χ0v) is 20.0. The second kappa shape index (κ2) is 9.75. The summed E-state index contributed by atoms with van der Waals surface area (Å²) in [7, 11) is 1.52. The Morgan fingerprint density at radius 1 is 1.06 bits per heavy atom. The average molecular weight is 480 g/mol. The largest absolute Gasteiger partial charge is 0.497 e. The van der Waals surface area contributed by atoms with E-state index in [1.807, 2.05) is 29.2 Å². The Morgan fingerprint density at radius 2 is 1.74 bits per heavy atom. The minimum Gasteiger partial charge on any atom is -0.497 e. The Balaban J connectivity index is 1.32. The van der Waals surface area contributed by atoms with Crippen molar-refractivity contribution in [3.8, 4) is 5.75 Å². The SMILES string of the molecule is COc1cccc(C2(C)NC(=O)N(NC(=O)CN3CCN(c4ccc(C(C)=O)cc4)CC3)C2=O)c1. The summed E-state index contributed by atoms with van der Waals surface area (Å²) in [5.41, 5.74) is 3.39. The van der Waals surface area contributed by atoms with E-state index in [0.717, 1.165) is 10.7 Å². The summed E-state index contributed by atoms with van der Waals surface area (Å²) in [6.07, 6.45) is 0. The third-order valence-electron chi connectivity index (χ3n) is 6.45. The number of hydrogen-bond donors (Lipinski definition) is 2. The molecule has 0 saturated carbocycles. The number of benzene rings is 2. The van der Waals surface area contributed by atoms with Gasteiger partial charge in [0, 0.05) is 37.4 Å². The molecule has 0 radical (unpaired) electrons. The van der Waals surface area contributed by atoms with Crippen LogP contribution in [0.5, 0.6) is 5.75 Å². The molecule has 2 aliphatic rings. The first-order chi connectivity index (χ1) is 16.7. The molecule has 10 heteroatoms. The highest BCUT2D eigenvalue weighted by Gasteiger charge is 2.50. The average Bonchev–Trinajstić information content (AvgIpc) is 3.08. The molecule has 4 amide bonds. The van der Waals surface area contributed by atoms with Gasteiger partial charge in [0.2, 0.25) is 0 Å². The van der Waals surface area contributed by atoms with Crippen molar-refractivity contribution in [1.29, 1.82) is 0 Å². The Kier molecular flexibility index (Phi) is 6.74. The lowest BCUT2D eigenvalue weighted by Gasteiger charge is -2.35. The van der Waals surface area contributed by atoms with Crippen LogP contribution in [0.25, 0.3) is 0 Å². The molecule has 1 atom stereocenters. The molecule has 0 aliphatic carbocycles. The first kappa shape index (κ1) is 24.2. The highest BCUT2D eigenvalue weighted by atomic mass is 16.5. The van der Waals surface area contributed by atoms with E-state index in [9.17, 15) is 19.2 Å². The molecule has 2 aromatic rings. The third-order valence-corrected chi connectivity index (χ3v) is 6.45. The van der Waals surface area contributed by atoms with E-state index in [4.69, 9.17) is 4.74 Å². The van der Waals surface area contributed by atoms with Crippen molar-refractivity contribution in [1.82, 2.24) is 20.7 Å². The van der Waals surface area contributed by atoms with Gasteiger partial charge in [-0.1, -0.05) is 12.1 Å². The van der Waals surface area contributed by atoms with E-state index in [1.54, 1.807) is 31.2 Å². The van der Waals surface area contributed by atoms with E-state index >= 15 is 0 Å². The summed E-state index contributed by atoms with van der Waals surface area (Å²) < 4.78 is 5.22. The van der Waals surface area contributed by atoms with E-state index in [1.165, 1.54) is 14.0 Å². The van der Waals surface area contributed by atoms with Crippen molar-refractivity contribution < 1.29 is 23.9 Å². The molecule has 0 spiro atoms. The smallest absolute Gasteiger partial charge is 0.344 e. The molecule has 2 aliphatic heterocycles. The maximum atomic E-state index is 13.1. The molecule has 0 bridgehead atoms. The van der Waals surface area contributed by atoms with Gasteiger partial charge in [0.1, 0.15) is 11.3 Å². The zero-order valence-electron chi connectivity index (χ0n) is 20.0. The third kappa shape index (κ3) is 4.97. The Labute approximate surface area is 203 Å². The van der Waals surface area contributed by atoms with Gasteiger partial charge in [-0.3, -0.25) is 24.7 Å². The fourth-order valence-corrected chi connectivity index (χ4v) is 4.30. The van der Waals surface area contributed by atoms with Crippen LogP contribution in [0.4, 0.5) is 10.5 Å². The topological polar surface area (TPSA) is 111 Å². The van der Waals surface area contributed by atoms with Crippen LogP contribution < -0.4 is 20.4 Å². The predicted molar refractivity (Wildman–Crippen MR) is 129 cm³/mol. The fraction of sp³-hybridized carbons (Fsp3) is 0.360. The summed E-state index contributed by atoms with van der Waals surface area (Å²) >= 11 is 0. The zero-order chi connectivity index (χ0) is 25.2. The number of hydrazine groups is 1. The Morgan fingerprint density at radius 3 is 2.37 bits per heavy atom. The number of imide groups is 1. The van der Waals surface area contributed by atoms with E-state index in [0.29, 0.717) is 43.1 Å². The fourth-order valence-electron chi connectivity index (χ4n) is 4.30. The van der Waals surface area contributed by atoms with Crippen LogP contribution in [0.2, 0.25) is 0 Å². The quantitative estimate of drug-likeness (QED) is 0.458. The molecule has 2 N–H and O–H groups in total. The van der Waals surface area contributed by atoms with E-state index in [-0.39, 0.29) is 12.3 Å². The minimum atomic E-state index is -1.32. The molecule has 1 unspecified atom stereocenters. The van der Waals surface area contributed by atoms with Crippen LogP contribution in [0.3, 0.4) is 0 Å². The van der Waals surface area contributed by atoms with E-state index < -0.39 is 23.4 Å². The number of carbonyl (C=O) groups excluding carboxylic acids is 4. The number of amides is 4. The number of Topliss-reactive ketones (excluding diaryl/α,β-unsaturated/α-hetero) is 1. The van der Waals surface area contributed by atoms with Gasteiger partial charge in [-0.05, 0) is 55.8 Å². The maximum absolute atomic E-state index is 13.1. The van der Waals surface area contributed by atoms with Gasteiger partial charge in [-0.25, -0.2) is 4.79 Å². The number of rotatable bonds is 7. The van der Waals surface area contributed by atoms with Crippen molar-refractivity contribution in [3.63, 3.8) is 0 Å². The number of hydrogen-bond acceptors (Lipinski definition) is 7. The molecule has 4 rings (SSSR count). The van der Waals surface area contributed by atoms with Crippen LogP contribution in [0, 0.1) is 0 Å². The molecule has 2 fully saturated rings. The van der Waals surface area contributed by atoms with Crippen molar-refractivity contribution in [2.45, 2.75) is 19.4 Å². The van der Waals surface area contributed by atoms with Gasteiger partial charge in [0.05, 0.1) is 13.7 Å². The Hall–Kier alpha value is -3.92. The summed E-state index contributed by atoms with van der Waals surface area (Å²) in [4.78, 5) is 53.9. The van der Waals surface area contributed by atoms with Crippen molar-refractivity contribution in [2.75, 3.05) is 44.7 Å². The lowest BCUT2D eigenvalue weighted by Crippen LogP contribution is -2.53. The molecular weight excluding hydrogens is 450 g/mol. The predicted octanol–water partition coefficient (Wildman–Crippen LogP) is 1.52. The summed E-state index contributed by atoms with van der Waals surface area (Å²) in [5, 5.41) is 3.41. The molecule has 35 heavy (non-hydrogen) atoms. The van der Waals surface area contributed by atoms with Gasteiger partial charge >= 0.3 is 6.03 Å². The van der Waals surface area contributed by atoms with Gasteiger partial charge in [-0.15, -0.1) is 0 Å². The maximum Gasteiger partial charge on any atom is 0.344 e. The van der Waals surface area contributed by atoms with Crippen molar-refractivity contribution in [3.05, 3.63) is 59.7 Å². The number of anilines is 1. The summed E-state index contributed by atoms with van der Waals surface area (Å²) in [6.45, 7) is 5.90. The second-order valence-electron chi connectivity index (χ2n) is 8.83. The number of piperazine rings is 1. The van der Waals surface area contributed by atoms with Crippen molar-refractivity contribution in [2.24, 2.45) is 0 Å². The van der Waals surface area contributed by atoms with Gasteiger partial charge in [-0.2, -0.15) is 5.01 Å². The highest BCUT2D eigenvalue weighted by Crippen LogP contribution is 2.30. The van der Waals surface area contributed by atoms with Gasteiger partial charge in [0.15, 0.2) is 5.78 Å². The van der Waals surface area contributed by atoms with Gasteiger partial charge in [0.25, 0.3) is 11.8 Å². The number of methoxy groups -OCH3 is 1. The molecule has 2 saturated heterocycles. The number of urea groups is 1. The summed E-state index contributed by atoms with van der Waals surface area (Å²) in [5.74, 6) is -0.422. The molecule has 184 valence electrons. The highest BCUT2D eigenvalue weighted by molar-refractivity contribution is 6.08. The van der Waals surface area contributed by atoms with Crippen molar-refractivity contribution >= 4 is 29.3 Å². The minimum absolute atomic E-state index is 0.0290. The molecule has 10 nitrogen and oxygen atoms in total. The molecule has 2 aromatic carbocycles. The lowest BCUT2D eigenvalue weighted by molar-refractivity contribution is -0.139. The lowest BCUT2D eigenvalue weighted by atomic mass is 9.92. The normalized spacial score (nSPS) is 20.5. The van der Waals surface area contributed by atoms with Crippen LogP contribution in [-0.2, 0) is 15.1 Å². The number of nitrogens with one attached hydrogen (secondary N) is 2. The van der Waals surface area contributed by atoms with Crippen LogP contribution >= 0.6 is 0 Å². The number of nitrogens with zero attached hydrogens (tertiary/aromatic N) is 3. The standard InChI is InChI=1S/C25H29N5O5/c1-17(31)18-7-9-20(10-8-18)29-13-11-28(12-14-29)16-22(32)27-30-23(33)25(2,26-24(30)34)19-5-4-6-21(15-19)35-3/h4-10,15H,11-14,16H2,1-3H3,(H,26,34)(H,27,32). The summed E-state index contributed by atoms with van der Waals surface area (Å²) in [6, 6.07) is 13.7. The molecule has 2 heterocycles. The second-order valence-corrected chi connectivity index (χ2v) is 8.83. The first-order valence-electron chi connectivity index (χ1n) is 11.4. The van der Waals surface area contributed by atoms with Crippen LogP contribution in [-0.4, -0.2) is 73.4 Å². The first-order valence-corrected chi connectivity index (χ1v) is 11.4. The molecule has 0 aromatic heterocycles. The van der Waals surface area contributed by atoms with E-state index in [2.05, 4.69) is 15.6 Å². The monoisotopic (exact) mass is 479 g/mol. The van der Waals surface area contributed by atoms with Crippen LogP contribution in [0.15, 0.2) is 48.5 Å². The van der Waals surface area contributed by atoms with Gasteiger partial charge < -0.3 is 15.0 Å². The van der Waals surface area contributed by atoms with Crippen LogP contribution in [0.1, 0.15) is 29.8 Å². The number of ketones is 1. The number of ether oxygens (including phenoxy) is 1. The number of carbonyl (C=O) groups is 4. The Bertz CT molecular complexity index is 1140.